The quantitative estimate of drug-likeness (QED) is 0.440. The predicted octanol–water partition coefficient (Wildman–Crippen LogP) is 5.86. The van der Waals surface area contributed by atoms with Crippen LogP contribution in [0.1, 0.15) is 58.4 Å². The van der Waals surface area contributed by atoms with Crippen LogP contribution in [-0.4, -0.2) is 50.1 Å². The molecular formula is C28H35N5O4. The molecule has 0 fully saturated rings. The highest BCUT2D eigenvalue weighted by Gasteiger charge is 2.37. The molecule has 0 spiro atoms. The summed E-state index contributed by atoms with van der Waals surface area (Å²) in [6, 6.07) is 11.4. The minimum absolute atomic E-state index is 0.252. The maximum absolute atomic E-state index is 13.5. The van der Waals surface area contributed by atoms with Gasteiger partial charge in [0.1, 0.15) is 11.2 Å². The minimum Gasteiger partial charge on any atom is -0.443 e. The van der Waals surface area contributed by atoms with Crippen LogP contribution in [0.3, 0.4) is 0 Å². The van der Waals surface area contributed by atoms with Gasteiger partial charge in [-0.15, -0.1) is 0 Å². The van der Waals surface area contributed by atoms with Gasteiger partial charge in [0.25, 0.3) is 0 Å². The van der Waals surface area contributed by atoms with Crippen molar-refractivity contribution in [1.29, 1.82) is 0 Å². The van der Waals surface area contributed by atoms with Crippen LogP contribution in [0, 0.1) is 6.92 Å². The Morgan fingerprint density at radius 1 is 0.946 bits per heavy atom. The number of hydrogen-bond acceptors (Lipinski definition) is 7. The zero-order valence-electron chi connectivity index (χ0n) is 22.8. The maximum Gasteiger partial charge on any atom is 0.425 e. The Labute approximate surface area is 218 Å². The van der Waals surface area contributed by atoms with Crippen molar-refractivity contribution in [2.45, 2.75) is 72.8 Å². The van der Waals surface area contributed by atoms with Crippen molar-refractivity contribution in [2.75, 3.05) is 11.9 Å². The number of para-hydroxylation sites is 1. The van der Waals surface area contributed by atoms with Crippen molar-refractivity contribution in [1.82, 2.24) is 19.7 Å². The first-order chi connectivity index (χ1) is 17.2. The number of carbonyl (C=O) groups excluding carboxylic acids is 2. The fourth-order valence-electron chi connectivity index (χ4n) is 4.19. The predicted molar refractivity (Wildman–Crippen MR) is 142 cm³/mol. The van der Waals surface area contributed by atoms with E-state index in [0.29, 0.717) is 16.9 Å². The van der Waals surface area contributed by atoms with Crippen molar-refractivity contribution in [3.63, 3.8) is 0 Å². The number of amides is 2. The first-order valence-corrected chi connectivity index (χ1v) is 12.3. The zero-order valence-corrected chi connectivity index (χ0v) is 22.8. The number of benzene rings is 1. The molecule has 3 heterocycles. The maximum atomic E-state index is 13.5. The zero-order chi connectivity index (χ0) is 27.1. The van der Waals surface area contributed by atoms with Gasteiger partial charge in [0.2, 0.25) is 0 Å². The van der Waals surface area contributed by atoms with Gasteiger partial charge in [-0.25, -0.2) is 14.3 Å². The summed E-state index contributed by atoms with van der Waals surface area (Å²) in [5.74, 6) is 0.252. The number of carbonyl (C=O) groups is 2. The molecule has 0 atom stereocenters. The molecular weight excluding hydrogens is 470 g/mol. The summed E-state index contributed by atoms with van der Waals surface area (Å²) in [5.41, 5.74) is 3.22. The van der Waals surface area contributed by atoms with Gasteiger partial charge in [0, 0.05) is 30.4 Å². The molecule has 9 heteroatoms. The number of ether oxygens (including phenoxy) is 2. The van der Waals surface area contributed by atoms with Crippen LogP contribution in [-0.2, 0) is 22.6 Å². The summed E-state index contributed by atoms with van der Waals surface area (Å²) in [7, 11) is 2.05. The average Bonchev–Trinajstić information content (AvgIpc) is 3.31. The molecule has 4 rings (SSSR count). The molecule has 196 valence electrons. The summed E-state index contributed by atoms with van der Waals surface area (Å²) in [6.45, 7) is 13.9. The first kappa shape index (κ1) is 26.3. The molecule has 2 aromatic heterocycles. The lowest BCUT2D eigenvalue weighted by molar-refractivity contribution is 0.0427. The Balaban J connectivity index is 1.92. The van der Waals surface area contributed by atoms with E-state index in [0.717, 1.165) is 34.8 Å². The molecule has 2 amide bonds. The Hall–Kier alpha value is -3.72. The number of aromatic nitrogens is 3. The van der Waals surface area contributed by atoms with Crippen LogP contribution >= 0.6 is 0 Å². The molecule has 0 N–H and O–H groups in total. The number of imide groups is 1. The van der Waals surface area contributed by atoms with Crippen LogP contribution in [0.4, 0.5) is 15.4 Å². The number of fused-ring (bicyclic) bond motifs is 1. The van der Waals surface area contributed by atoms with Gasteiger partial charge in [-0.05, 0) is 79.3 Å². The molecule has 0 radical (unpaired) electrons. The van der Waals surface area contributed by atoms with E-state index in [9.17, 15) is 9.59 Å². The smallest absolute Gasteiger partial charge is 0.425 e. The van der Waals surface area contributed by atoms with Gasteiger partial charge in [0.15, 0.2) is 5.82 Å². The van der Waals surface area contributed by atoms with Crippen LogP contribution in [0.2, 0.25) is 0 Å². The molecule has 0 unspecified atom stereocenters. The number of hydrogen-bond donors (Lipinski definition) is 0. The van der Waals surface area contributed by atoms with Crippen LogP contribution < -0.4 is 4.90 Å². The number of anilines is 1. The van der Waals surface area contributed by atoms with Gasteiger partial charge in [-0.2, -0.15) is 10.00 Å². The SMILES string of the molecule is Cc1c(-c2cnc3c(c2)CN(C)C3)nn(-c2ccccc2)c1N(C(=O)OC(C)(C)C)C(=O)OC(C)(C)C. The summed E-state index contributed by atoms with van der Waals surface area (Å²) >= 11 is 0. The Kier molecular flexibility index (Phi) is 6.85. The third-order valence-corrected chi connectivity index (χ3v) is 5.65. The first-order valence-electron chi connectivity index (χ1n) is 12.3. The van der Waals surface area contributed by atoms with Gasteiger partial charge < -0.3 is 9.47 Å². The van der Waals surface area contributed by atoms with Crippen LogP contribution in [0.5, 0.6) is 0 Å². The largest absolute Gasteiger partial charge is 0.443 e. The standard InChI is InChI=1S/C28H35N5O4/c1-18-23(19-14-20-16-31(8)17-22(20)29-15-19)30-33(21-12-10-9-11-13-21)24(18)32(25(34)36-27(2,3)4)26(35)37-28(5,6)7/h9-15H,16-17H2,1-8H3. The summed E-state index contributed by atoms with van der Waals surface area (Å²) in [6.07, 6.45) is 0.0990. The highest BCUT2D eigenvalue weighted by Crippen LogP contribution is 2.35. The van der Waals surface area contributed by atoms with Gasteiger partial charge in [0.05, 0.1) is 17.1 Å². The van der Waals surface area contributed by atoms with Crippen LogP contribution in [0.15, 0.2) is 42.6 Å². The van der Waals surface area contributed by atoms with Gasteiger partial charge in [-0.1, -0.05) is 18.2 Å². The van der Waals surface area contributed by atoms with Crippen LogP contribution in [0.25, 0.3) is 16.9 Å². The van der Waals surface area contributed by atoms with E-state index >= 15 is 0 Å². The second-order valence-corrected chi connectivity index (χ2v) is 11.3. The molecule has 1 aliphatic rings. The van der Waals surface area contributed by atoms with Crippen molar-refractivity contribution in [2.24, 2.45) is 0 Å². The second kappa shape index (κ2) is 9.63. The molecule has 1 aromatic carbocycles. The molecule has 0 aliphatic carbocycles. The Morgan fingerprint density at radius 2 is 1.54 bits per heavy atom. The van der Waals surface area contributed by atoms with Crippen molar-refractivity contribution in [3.8, 4) is 16.9 Å². The lowest BCUT2D eigenvalue weighted by Gasteiger charge is -2.29. The number of nitrogens with zero attached hydrogens (tertiary/aromatic N) is 5. The van der Waals surface area contributed by atoms with E-state index in [1.807, 2.05) is 44.3 Å². The molecule has 1 aliphatic heterocycles. The molecule has 9 nitrogen and oxygen atoms in total. The lowest BCUT2D eigenvalue weighted by atomic mass is 10.1. The van der Waals surface area contributed by atoms with E-state index in [2.05, 4.69) is 16.0 Å². The van der Waals surface area contributed by atoms with Gasteiger partial charge >= 0.3 is 12.2 Å². The van der Waals surface area contributed by atoms with E-state index in [1.54, 1.807) is 52.4 Å². The van der Waals surface area contributed by atoms with E-state index in [-0.39, 0.29) is 5.82 Å². The Morgan fingerprint density at radius 3 is 2.11 bits per heavy atom. The third-order valence-electron chi connectivity index (χ3n) is 5.65. The fraction of sp³-hybridized carbons (Fsp3) is 0.429. The highest BCUT2D eigenvalue weighted by molar-refractivity contribution is 6.10. The summed E-state index contributed by atoms with van der Waals surface area (Å²) in [5, 5.41) is 4.88. The highest BCUT2D eigenvalue weighted by atomic mass is 16.6. The molecule has 0 saturated heterocycles. The van der Waals surface area contributed by atoms with E-state index in [1.165, 1.54) is 0 Å². The third kappa shape index (κ3) is 5.83. The van der Waals surface area contributed by atoms with E-state index in [4.69, 9.17) is 14.6 Å². The Bertz CT molecular complexity index is 1290. The fourth-order valence-corrected chi connectivity index (χ4v) is 4.19. The molecule has 37 heavy (non-hydrogen) atoms. The molecule has 3 aromatic rings. The van der Waals surface area contributed by atoms with Gasteiger partial charge in [-0.3, -0.25) is 9.88 Å². The van der Waals surface area contributed by atoms with Crippen molar-refractivity contribution in [3.05, 3.63) is 59.4 Å². The number of pyridine rings is 1. The average molecular weight is 506 g/mol. The topological polar surface area (TPSA) is 89.8 Å². The number of rotatable bonds is 3. The van der Waals surface area contributed by atoms with E-state index < -0.39 is 23.4 Å². The second-order valence-electron chi connectivity index (χ2n) is 11.3. The lowest BCUT2D eigenvalue weighted by Crippen LogP contribution is -2.45. The monoisotopic (exact) mass is 505 g/mol. The minimum atomic E-state index is -0.845. The molecule has 0 saturated carbocycles. The van der Waals surface area contributed by atoms with Crippen molar-refractivity contribution < 1.29 is 19.1 Å². The molecule has 0 bridgehead atoms. The normalized spacial score (nSPS) is 13.8. The van der Waals surface area contributed by atoms with Crippen molar-refractivity contribution >= 4 is 18.0 Å². The summed E-state index contributed by atoms with van der Waals surface area (Å²) in [4.78, 5) is 34.8. The summed E-state index contributed by atoms with van der Waals surface area (Å²) < 4.78 is 12.9.